The summed E-state index contributed by atoms with van der Waals surface area (Å²) < 4.78 is 0. The zero-order chi connectivity index (χ0) is 19.7. The third-order valence-electron chi connectivity index (χ3n) is 5.29. The minimum absolute atomic E-state index is 0.0305. The van der Waals surface area contributed by atoms with Gasteiger partial charge in [-0.25, -0.2) is 0 Å². The molecule has 0 spiro atoms. The van der Waals surface area contributed by atoms with Crippen molar-refractivity contribution in [3.8, 4) is 0 Å². The minimum atomic E-state index is -0.413. The highest BCUT2D eigenvalue weighted by Crippen LogP contribution is 2.41. The Hall–Kier alpha value is -3.15. The number of carbonyl (C=O) groups is 3. The molecule has 0 saturated carbocycles. The van der Waals surface area contributed by atoms with Crippen LogP contribution in [0.1, 0.15) is 42.1 Å². The number of amides is 3. The Kier molecular flexibility index (Phi) is 4.86. The number of nitrogens with one attached hydrogen (secondary N) is 1. The van der Waals surface area contributed by atoms with Crippen molar-refractivity contribution in [1.82, 2.24) is 5.32 Å². The summed E-state index contributed by atoms with van der Waals surface area (Å²) in [7, 11) is 0. The van der Waals surface area contributed by atoms with Gasteiger partial charge in [0.05, 0.1) is 11.4 Å². The lowest BCUT2D eigenvalue weighted by atomic mass is 10.0. The van der Waals surface area contributed by atoms with Gasteiger partial charge in [-0.15, -0.1) is 0 Å². The number of benzene rings is 2. The zero-order valence-corrected chi connectivity index (χ0v) is 15.9. The van der Waals surface area contributed by atoms with Gasteiger partial charge in [0.15, 0.2) is 0 Å². The molecule has 2 aromatic rings. The van der Waals surface area contributed by atoms with Crippen molar-refractivity contribution >= 4 is 29.1 Å². The lowest BCUT2D eigenvalue weighted by Crippen LogP contribution is -2.52. The van der Waals surface area contributed by atoms with E-state index >= 15 is 0 Å². The predicted octanol–water partition coefficient (Wildman–Crippen LogP) is 2.87. The Morgan fingerprint density at radius 3 is 2.64 bits per heavy atom. The van der Waals surface area contributed by atoms with Crippen LogP contribution in [0.4, 0.5) is 11.4 Å². The first-order valence-corrected chi connectivity index (χ1v) is 9.69. The first-order valence-electron chi connectivity index (χ1n) is 9.69. The van der Waals surface area contributed by atoms with Gasteiger partial charge in [0.2, 0.25) is 11.8 Å². The lowest BCUT2D eigenvalue weighted by Gasteiger charge is -2.38. The first-order chi connectivity index (χ1) is 13.6. The van der Waals surface area contributed by atoms with Crippen LogP contribution in [0, 0.1) is 0 Å². The molecule has 0 bridgehead atoms. The maximum Gasteiger partial charge on any atom is 0.251 e. The maximum absolute atomic E-state index is 12.9. The fourth-order valence-electron chi connectivity index (χ4n) is 3.94. The Morgan fingerprint density at radius 2 is 1.89 bits per heavy atom. The molecule has 1 atom stereocenters. The molecule has 2 aliphatic rings. The predicted molar refractivity (Wildman–Crippen MR) is 107 cm³/mol. The molecule has 6 nitrogen and oxygen atoms in total. The van der Waals surface area contributed by atoms with E-state index in [9.17, 15) is 14.4 Å². The van der Waals surface area contributed by atoms with Gasteiger partial charge in [0, 0.05) is 25.1 Å². The standard InChI is InChI=1S/C22H23N3O3/c1-2-12-24-19-13-16(21(27)23-14-15-6-4-3-5-7-15)8-9-17(19)25-18(22(24)28)10-11-20(25)26/h3-9,13,18H,2,10-12,14H2,1H3,(H,23,27). The molecule has 144 valence electrons. The molecule has 28 heavy (non-hydrogen) atoms. The van der Waals surface area contributed by atoms with Gasteiger partial charge in [-0.2, -0.15) is 0 Å². The number of nitrogens with zero attached hydrogens (tertiary/aromatic N) is 2. The van der Waals surface area contributed by atoms with Gasteiger partial charge in [0.25, 0.3) is 5.91 Å². The van der Waals surface area contributed by atoms with E-state index in [0.29, 0.717) is 37.2 Å². The van der Waals surface area contributed by atoms with Crippen molar-refractivity contribution in [1.29, 1.82) is 0 Å². The summed E-state index contributed by atoms with van der Waals surface area (Å²) in [5.74, 6) is -0.288. The minimum Gasteiger partial charge on any atom is -0.348 e. The largest absolute Gasteiger partial charge is 0.348 e. The van der Waals surface area contributed by atoms with E-state index in [2.05, 4.69) is 5.32 Å². The topological polar surface area (TPSA) is 69.7 Å². The Morgan fingerprint density at radius 1 is 1.11 bits per heavy atom. The summed E-state index contributed by atoms with van der Waals surface area (Å²) in [6.07, 6.45) is 1.74. The number of rotatable bonds is 5. The molecule has 2 aliphatic heterocycles. The highest BCUT2D eigenvalue weighted by Gasteiger charge is 2.44. The number of carbonyl (C=O) groups excluding carboxylic acids is 3. The Balaban J connectivity index is 1.63. The van der Waals surface area contributed by atoms with Crippen LogP contribution in [-0.4, -0.2) is 30.3 Å². The number of hydrogen-bond donors (Lipinski definition) is 1. The summed E-state index contributed by atoms with van der Waals surface area (Å²) in [5, 5.41) is 2.91. The lowest BCUT2D eigenvalue weighted by molar-refractivity contribution is -0.122. The van der Waals surface area contributed by atoms with Gasteiger partial charge < -0.3 is 10.2 Å². The van der Waals surface area contributed by atoms with Gasteiger partial charge in [0.1, 0.15) is 6.04 Å². The van der Waals surface area contributed by atoms with Crippen molar-refractivity contribution in [3.05, 3.63) is 59.7 Å². The normalized spacial score (nSPS) is 18.1. The van der Waals surface area contributed by atoms with Crippen LogP contribution >= 0.6 is 0 Å². The van der Waals surface area contributed by atoms with Crippen LogP contribution in [0.3, 0.4) is 0 Å². The highest BCUT2D eigenvalue weighted by atomic mass is 16.2. The molecule has 2 aromatic carbocycles. The second-order valence-electron chi connectivity index (χ2n) is 7.18. The Bertz CT molecular complexity index is 926. The number of anilines is 2. The van der Waals surface area contributed by atoms with Crippen LogP contribution < -0.4 is 15.1 Å². The van der Waals surface area contributed by atoms with Crippen molar-refractivity contribution in [2.24, 2.45) is 0 Å². The van der Waals surface area contributed by atoms with Gasteiger partial charge in [-0.1, -0.05) is 37.3 Å². The molecule has 3 amide bonds. The van der Waals surface area contributed by atoms with E-state index in [0.717, 1.165) is 17.7 Å². The monoisotopic (exact) mass is 377 g/mol. The van der Waals surface area contributed by atoms with Crippen LogP contribution in [0.5, 0.6) is 0 Å². The van der Waals surface area contributed by atoms with Crippen LogP contribution in [0.25, 0.3) is 0 Å². The second-order valence-corrected chi connectivity index (χ2v) is 7.18. The third-order valence-corrected chi connectivity index (χ3v) is 5.29. The molecule has 1 saturated heterocycles. The molecule has 6 heteroatoms. The number of hydrogen-bond acceptors (Lipinski definition) is 3. The van der Waals surface area contributed by atoms with E-state index in [4.69, 9.17) is 0 Å². The summed E-state index contributed by atoms with van der Waals surface area (Å²) in [5.41, 5.74) is 2.86. The molecular weight excluding hydrogens is 354 g/mol. The van der Waals surface area contributed by atoms with Crippen LogP contribution in [0.2, 0.25) is 0 Å². The third kappa shape index (κ3) is 3.15. The number of fused-ring (bicyclic) bond motifs is 3. The highest BCUT2D eigenvalue weighted by molar-refractivity contribution is 6.15. The molecule has 1 N–H and O–H groups in total. The summed E-state index contributed by atoms with van der Waals surface area (Å²) in [4.78, 5) is 41.2. The van der Waals surface area contributed by atoms with Crippen molar-refractivity contribution in [2.45, 2.75) is 38.8 Å². The Labute approximate surface area is 164 Å². The fraction of sp³-hybridized carbons (Fsp3) is 0.318. The van der Waals surface area contributed by atoms with Gasteiger partial charge in [-0.05, 0) is 36.6 Å². The molecule has 4 rings (SSSR count). The molecular formula is C22H23N3O3. The van der Waals surface area contributed by atoms with E-state index in [-0.39, 0.29) is 17.7 Å². The maximum atomic E-state index is 12.9. The average Bonchev–Trinajstić information content (AvgIpc) is 3.11. The molecule has 0 aliphatic carbocycles. The molecule has 2 heterocycles. The average molecular weight is 377 g/mol. The summed E-state index contributed by atoms with van der Waals surface area (Å²) >= 11 is 0. The smallest absolute Gasteiger partial charge is 0.251 e. The van der Waals surface area contributed by atoms with E-state index in [1.165, 1.54) is 0 Å². The molecule has 0 radical (unpaired) electrons. The van der Waals surface area contributed by atoms with Crippen molar-refractivity contribution in [2.75, 3.05) is 16.3 Å². The van der Waals surface area contributed by atoms with E-state index in [1.807, 2.05) is 37.3 Å². The first kappa shape index (κ1) is 18.2. The van der Waals surface area contributed by atoms with Crippen LogP contribution in [0.15, 0.2) is 48.5 Å². The fourth-order valence-corrected chi connectivity index (χ4v) is 3.94. The summed E-state index contributed by atoms with van der Waals surface area (Å²) in [6, 6.07) is 14.5. The van der Waals surface area contributed by atoms with Crippen LogP contribution in [-0.2, 0) is 16.1 Å². The van der Waals surface area contributed by atoms with Gasteiger partial charge >= 0.3 is 0 Å². The second kappa shape index (κ2) is 7.46. The molecule has 1 fully saturated rings. The summed E-state index contributed by atoms with van der Waals surface area (Å²) in [6.45, 7) is 3.01. The molecule has 1 unspecified atom stereocenters. The zero-order valence-electron chi connectivity index (χ0n) is 15.9. The van der Waals surface area contributed by atoms with Crippen molar-refractivity contribution < 1.29 is 14.4 Å². The van der Waals surface area contributed by atoms with E-state index in [1.54, 1.807) is 28.0 Å². The van der Waals surface area contributed by atoms with Gasteiger partial charge in [-0.3, -0.25) is 19.3 Å². The quantitative estimate of drug-likeness (QED) is 0.871. The van der Waals surface area contributed by atoms with Crippen molar-refractivity contribution in [3.63, 3.8) is 0 Å². The SMILES string of the molecule is CCCN1C(=O)C2CCC(=O)N2c2ccc(C(=O)NCc3ccccc3)cc21. The van der Waals surface area contributed by atoms with E-state index < -0.39 is 6.04 Å². The molecule has 0 aromatic heterocycles.